The topological polar surface area (TPSA) is 16.3 Å². The number of fused-ring (bicyclic) bond motifs is 23. The fraction of sp³-hybridized carbons (Fsp3) is 0.0759. The van der Waals surface area contributed by atoms with Gasteiger partial charge in [-0.2, -0.15) is 0 Å². The highest BCUT2D eigenvalue weighted by Crippen LogP contribution is 2.59. The Morgan fingerprint density at radius 2 is 0.564 bits per heavy atom. The molecule has 25 aromatic carbocycles. The van der Waals surface area contributed by atoms with Crippen LogP contribution >= 0.6 is 0 Å². The Morgan fingerprint density at radius 3 is 1.09 bits per heavy atom. The zero-order valence-corrected chi connectivity index (χ0v) is 84.8. The Bertz CT molecular complexity index is 10000. The highest BCUT2D eigenvalue weighted by atomic mass is 15.2. The number of anilines is 6. The average Bonchev–Trinajstić information content (AvgIpc) is 1.54. The predicted molar refractivity (Wildman–Crippen MR) is 639 cm³/mol. The van der Waals surface area contributed by atoms with Gasteiger partial charge in [0.25, 0.3) is 0 Å². The highest BCUT2D eigenvalue weighted by Gasteiger charge is 2.39. The van der Waals surface area contributed by atoms with Crippen LogP contribution in [0, 0.1) is 0 Å². The van der Waals surface area contributed by atoms with E-state index in [1.807, 2.05) is 0 Å². The van der Waals surface area contributed by atoms with Crippen LogP contribution in [0.1, 0.15) is 77.6 Å². The molecule has 2 aromatic heterocycles. The molecule has 0 aliphatic heterocycles. The van der Waals surface area contributed by atoms with Gasteiger partial charge in [0.15, 0.2) is 0 Å². The average molecular weight is 1910 g/mol. The van der Waals surface area contributed by atoms with Crippen molar-refractivity contribution < 1.29 is 0 Å². The fourth-order valence-electron chi connectivity index (χ4n) is 25.3. The quantitative estimate of drug-likeness (QED) is 0.0797. The van der Waals surface area contributed by atoms with Gasteiger partial charge in [-0.15, -0.1) is 0 Å². The second-order valence-electron chi connectivity index (χ2n) is 42.8. The summed E-state index contributed by atoms with van der Waals surface area (Å²) in [6.07, 6.45) is 0. The summed E-state index contributed by atoms with van der Waals surface area (Å²) in [6.45, 7) is 19.0. The molecule has 0 radical (unpaired) electrons. The summed E-state index contributed by atoms with van der Waals surface area (Å²) in [7, 11) is 0. The summed E-state index contributed by atoms with van der Waals surface area (Å²) < 4.78 is 5.24. The first-order valence-electron chi connectivity index (χ1n) is 52.3. The molecule has 4 heteroatoms. The van der Waals surface area contributed by atoms with Crippen LogP contribution in [0.15, 0.2) is 510 Å². The minimum Gasteiger partial charge on any atom is -0.310 e. The molecule has 0 atom stereocenters. The molecule has 1 aliphatic carbocycles. The molecule has 2 heterocycles. The molecule has 0 bridgehead atoms. The fourth-order valence-corrected chi connectivity index (χ4v) is 25.3. The molecule has 4 nitrogen and oxygen atoms in total. The largest absolute Gasteiger partial charge is 0.310 e. The predicted octanol–water partition coefficient (Wildman–Crippen LogP) is 40.6. The van der Waals surface area contributed by atoms with Crippen molar-refractivity contribution in [2.45, 2.75) is 71.6 Å². The summed E-state index contributed by atoms with van der Waals surface area (Å²) in [5, 5.41) is 27.2. The van der Waals surface area contributed by atoms with Gasteiger partial charge in [0.2, 0.25) is 0 Å². The summed E-state index contributed by atoms with van der Waals surface area (Å²) in [5.41, 5.74) is 33.4. The second-order valence-corrected chi connectivity index (χ2v) is 42.8. The van der Waals surface area contributed by atoms with Crippen LogP contribution in [0.2, 0.25) is 0 Å². The van der Waals surface area contributed by atoms with Gasteiger partial charge in [-0.3, -0.25) is 0 Å². The van der Waals surface area contributed by atoms with Crippen LogP contribution in [0.3, 0.4) is 0 Å². The van der Waals surface area contributed by atoms with Crippen LogP contribution in [0.25, 0.3) is 219 Å². The first-order chi connectivity index (χ1) is 73.1. The minimum absolute atomic E-state index is 0.0949. The Hall–Kier alpha value is -18.2. The van der Waals surface area contributed by atoms with E-state index in [1.54, 1.807) is 0 Å². The molecule has 149 heavy (non-hydrogen) atoms. The Morgan fingerprint density at radius 1 is 0.201 bits per heavy atom. The summed E-state index contributed by atoms with van der Waals surface area (Å²) >= 11 is 0. The monoisotopic (exact) mass is 1900 g/mol. The Kier molecular flexibility index (Phi) is 21.4. The number of hydrogen-bond acceptors (Lipinski definition) is 2. The van der Waals surface area contributed by atoms with E-state index in [4.69, 9.17) is 0 Å². The van der Waals surface area contributed by atoms with E-state index >= 15 is 0 Å². The van der Waals surface area contributed by atoms with E-state index in [1.165, 1.54) is 224 Å². The number of nitrogens with zero attached hydrogens (tertiary/aromatic N) is 4. The molecule has 0 saturated heterocycles. The van der Waals surface area contributed by atoms with Crippen molar-refractivity contribution in [1.82, 2.24) is 9.13 Å². The molecular formula is C145H108N4. The molecule has 0 spiro atoms. The summed E-state index contributed by atoms with van der Waals surface area (Å²) in [5.74, 6) is 0. The Balaban J connectivity index is 0.000000147. The molecule has 1 aliphatic rings. The number of rotatable bonds is 14. The molecule has 708 valence electrons. The minimum atomic E-state index is -0.156. The van der Waals surface area contributed by atoms with E-state index in [0.717, 1.165) is 51.1 Å². The molecular weight excluding hydrogens is 1800 g/mol. The summed E-state index contributed by atoms with van der Waals surface area (Å²) in [6, 6.07) is 189. The van der Waals surface area contributed by atoms with Crippen LogP contribution in [-0.2, 0) is 16.2 Å². The van der Waals surface area contributed by atoms with Gasteiger partial charge in [0.05, 0.1) is 39.5 Å². The van der Waals surface area contributed by atoms with Crippen molar-refractivity contribution in [3.05, 3.63) is 532 Å². The lowest BCUT2D eigenvalue weighted by Gasteiger charge is -2.30. The van der Waals surface area contributed by atoms with E-state index < -0.39 is 0 Å². The third-order valence-corrected chi connectivity index (χ3v) is 31.6. The molecule has 0 fully saturated rings. The molecule has 0 unspecified atom stereocenters. The maximum Gasteiger partial charge on any atom is 0.0626 e. The van der Waals surface area contributed by atoms with Gasteiger partial charge in [-0.25, -0.2) is 0 Å². The van der Waals surface area contributed by atoms with Crippen LogP contribution in [0.4, 0.5) is 34.1 Å². The second kappa shape index (κ2) is 35.6. The molecule has 0 amide bonds. The maximum absolute atomic E-state index is 2.62. The lowest BCUT2D eigenvalue weighted by molar-refractivity contribution is 0.593. The molecule has 27 aromatic rings. The van der Waals surface area contributed by atoms with Crippen LogP contribution in [0.5, 0.6) is 0 Å². The highest BCUT2D eigenvalue weighted by molar-refractivity contribution is 6.39. The number of para-hydroxylation sites is 2. The maximum atomic E-state index is 2.62. The first-order valence-corrected chi connectivity index (χ1v) is 52.3. The first kappa shape index (κ1) is 89.6. The Labute approximate surface area is 869 Å². The number of hydrogen-bond donors (Lipinski definition) is 0. The zero-order valence-electron chi connectivity index (χ0n) is 84.8. The third-order valence-electron chi connectivity index (χ3n) is 31.6. The van der Waals surface area contributed by atoms with Crippen molar-refractivity contribution in [3.8, 4) is 89.5 Å². The lowest BCUT2D eigenvalue weighted by atomic mass is 9.74. The molecule has 28 rings (SSSR count). The van der Waals surface area contributed by atoms with Gasteiger partial charge in [-0.1, -0.05) is 480 Å². The third kappa shape index (κ3) is 14.7. The molecule has 0 N–H and O–H groups in total. The van der Waals surface area contributed by atoms with E-state index in [9.17, 15) is 0 Å². The SMILES string of the molecule is CC(C)(C)c1c2ccccc2c(C(C)(C)C)c2cc(-n3c(-c4ccccc4)c(-c4ccccc4)c4c5c6ccccc6c(N(c6ccccc6)c6ccc(-c7ccccc7)cc6)cc5c5ccccc5c43)ccc12.CC1(C)c2ccccc2-c2ccc(N(c3ccccc3)c3cc4c5ccccc5c5c(c(-c6ccccc6)c(-c6ccccc6)n5-c5ccc(-c6ccc7ccccc7c6)c6ccccc56)c4c4ccccc34)cc21. The van der Waals surface area contributed by atoms with Crippen molar-refractivity contribution >= 4 is 164 Å². The van der Waals surface area contributed by atoms with E-state index in [2.05, 4.69) is 584 Å². The van der Waals surface area contributed by atoms with Crippen molar-refractivity contribution in [2.75, 3.05) is 9.80 Å². The number of aromatic nitrogens is 2. The van der Waals surface area contributed by atoms with E-state index in [-0.39, 0.29) is 16.2 Å². The van der Waals surface area contributed by atoms with Gasteiger partial charge < -0.3 is 18.9 Å². The smallest absolute Gasteiger partial charge is 0.0626 e. The van der Waals surface area contributed by atoms with Gasteiger partial charge in [0.1, 0.15) is 0 Å². The van der Waals surface area contributed by atoms with Crippen molar-refractivity contribution in [3.63, 3.8) is 0 Å². The van der Waals surface area contributed by atoms with Gasteiger partial charge in [-0.05, 0) is 244 Å². The summed E-state index contributed by atoms with van der Waals surface area (Å²) in [4.78, 5) is 4.95. The zero-order chi connectivity index (χ0) is 100. The lowest BCUT2D eigenvalue weighted by Crippen LogP contribution is -2.17. The normalized spacial score (nSPS) is 12.5. The standard InChI is InChI=1S/C73H50N2.C72H58N2/c1-73(2)64-37-21-20-32-57(64)58-41-40-53(45-65(58)73)74(52-28-10-5-11-29-52)67-46-63-56-31-15-19-36-62(56)72-70(69(63)61-35-18-17-34-60(61)67)68(48-23-6-3-7-24-48)71(49-25-8-4-9-26-49)75(72)66-43-42-54(55-30-14-16-33-59(55)66)51-39-38-47-22-12-13-27-50(47)44-51;1-71(2,3)67-57-36-22-23-37-58(57)68(72(4,5)6)62-45-53(43-44-59(62)67)74-69(50-29-15-9-16-30-50)64(49-27-13-8-14-28-49)66-65-56-35-21-20-34-55(56)63(46-61(65)54-33-19-24-38-60(54)70(66)74)73(51-31-17-10-18-32-51)52-41-39-48(40-42-52)47-25-11-7-12-26-47/h3-46H,1-2H3;7-46H,1-6H3. The van der Waals surface area contributed by atoms with Crippen LogP contribution < -0.4 is 9.80 Å². The van der Waals surface area contributed by atoms with Crippen molar-refractivity contribution in [2.24, 2.45) is 0 Å². The van der Waals surface area contributed by atoms with Crippen LogP contribution in [-0.4, -0.2) is 9.13 Å². The van der Waals surface area contributed by atoms with Gasteiger partial charge >= 0.3 is 0 Å². The van der Waals surface area contributed by atoms with Crippen molar-refractivity contribution in [1.29, 1.82) is 0 Å². The van der Waals surface area contributed by atoms with Gasteiger partial charge in [0, 0.05) is 93.5 Å². The number of benzene rings is 25. The molecule has 0 saturated carbocycles. The van der Waals surface area contributed by atoms with E-state index in [0.29, 0.717) is 0 Å².